The number of amides is 3. The summed E-state index contributed by atoms with van der Waals surface area (Å²) in [6, 6.07) is 13.6. The number of aromatic hydroxyl groups is 1. The molecule has 3 aromatic rings. The van der Waals surface area contributed by atoms with Crippen LogP contribution in [0.5, 0.6) is 5.75 Å². The fraction of sp³-hybridized carbons (Fsp3) is 0.250. The molecule has 1 saturated heterocycles. The third-order valence-corrected chi connectivity index (χ3v) is 6.14. The summed E-state index contributed by atoms with van der Waals surface area (Å²) in [5.74, 6) is -0.800. The van der Waals surface area contributed by atoms with Gasteiger partial charge in [0, 0.05) is 36.4 Å². The summed E-state index contributed by atoms with van der Waals surface area (Å²) in [6.45, 7) is 1.07. The summed E-state index contributed by atoms with van der Waals surface area (Å²) in [5.41, 5.74) is 8.44. The van der Waals surface area contributed by atoms with Crippen molar-refractivity contribution in [1.29, 1.82) is 0 Å². The van der Waals surface area contributed by atoms with E-state index in [0.717, 1.165) is 18.5 Å². The van der Waals surface area contributed by atoms with Gasteiger partial charge < -0.3 is 20.6 Å². The lowest BCUT2D eigenvalue weighted by molar-refractivity contribution is -0.119. The van der Waals surface area contributed by atoms with Crippen LogP contribution >= 0.6 is 0 Å². The number of anilines is 2. The molecule has 2 aromatic carbocycles. The summed E-state index contributed by atoms with van der Waals surface area (Å²) in [7, 11) is 0. The third kappa shape index (κ3) is 3.61. The molecule has 0 bridgehead atoms. The van der Waals surface area contributed by atoms with Crippen molar-refractivity contribution in [2.24, 2.45) is 5.73 Å². The number of phenolic OH excluding ortho intramolecular Hbond substituents is 1. The molecule has 2 aliphatic rings. The Balaban J connectivity index is 1.50. The van der Waals surface area contributed by atoms with E-state index < -0.39 is 5.91 Å². The van der Waals surface area contributed by atoms with E-state index in [1.54, 1.807) is 21.9 Å². The van der Waals surface area contributed by atoms with Gasteiger partial charge in [-0.3, -0.25) is 14.4 Å². The molecule has 3 N–H and O–H groups in total. The van der Waals surface area contributed by atoms with Crippen molar-refractivity contribution in [3.8, 4) is 11.4 Å². The number of hydrogen-bond acceptors (Lipinski definition) is 5. The molecule has 1 fully saturated rings. The van der Waals surface area contributed by atoms with Crippen LogP contribution in [0, 0.1) is 0 Å². The molecule has 5 rings (SSSR count). The molecular formula is C24H23N5O4. The first-order valence-corrected chi connectivity index (χ1v) is 10.9. The number of piperidine rings is 1. The average molecular weight is 447 g/mol. The normalized spacial score (nSPS) is 16.1. The molecule has 9 nitrogen and oxygen atoms in total. The Labute approximate surface area is 190 Å². The Hall–Kier alpha value is -4.14. The van der Waals surface area contributed by atoms with Gasteiger partial charge in [0.1, 0.15) is 11.4 Å². The van der Waals surface area contributed by atoms with Gasteiger partial charge in [-0.1, -0.05) is 0 Å². The van der Waals surface area contributed by atoms with Gasteiger partial charge in [0.05, 0.1) is 5.69 Å². The largest absolute Gasteiger partial charge is 0.508 e. The lowest BCUT2D eigenvalue weighted by Gasteiger charge is -2.29. The second-order valence-corrected chi connectivity index (χ2v) is 8.19. The van der Waals surface area contributed by atoms with Crippen LogP contribution in [-0.2, 0) is 11.2 Å². The minimum absolute atomic E-state index is 0.0741. The van der Waals surface area contributed by atoms with Gasteiger partial charge in [-0.25, -0.2) is 4.68 Å². The number of benzene rings is 2. The van der Waals surface area contributed by atoms with Gasteiger partial charge in [0.2, 0.25) is 5.91 Å². The first-order valence-electron chi connectivity index (χ1n) is 10.9. The summed E-state index contributed by atoms with van der Waals surface area (Å²) in [5, 5.41) is 13.9. The van der Waals surface area contributed by atoms with E-state index in [4.69, 9.17) is 5.73 Å². The molecule has 0 saturated carbocycles. The molecule has 0 spiro atoms. The number of carbonyl (C=O) groups excluding carboxylic acids is 3. The quantitative estimate of drug-likeness (QED) is 0.636. The van der Waals surface area contributed by atoms with Crippen molar-refractivity contribution in [1.82, 2.24) is 9.78 Å². The maximum absolute atomic E-state index is 13.6. The van der Waals surface area contributed by atoms with Gasteiger partial charge >= 0.3 is 0 Å². The van der Waals surface area contributed by atoms with Crippen LogP contribution in [0.1, 0.15) is 45.8 Å². The minimum atomic E-state index is -0.694. The molecule has 1 aromatic heterocycles. The number of nitrogens with two attached hydrogens (primary N) is 1. The van der Waals surface area contributed by atoms with Gasteiger partial charge in [-0.15, -0.1) is 0 Å². The Morgan fingerprint density at radius 2 is 1.64 bits per heavy atom. The highest BCUT2D eigenvalue weighted by Crippen LogP contribution is 2.31. The summed E-state index contributed by atoms with van der Waals surface area (Å²) in [4.78, 5) is 41.2. The Morgan fingerprint density at radius 3 is 2.30 bits per heavy atom. The number of rotatable bonds is 4. The van der Waals surface area contributed by atoms with Gasteiger partial charge in [0.25, 0.3) is 11.8 Å². The van der Waals surface area contributed by atoms with Crippen molar-refractivity contribution < 1.29 is 19.5 Å². The molecule has 3 amide bonds. The molecule has 0 radical (unpaired) electrons. The van der Waals surface area contributed by atoms with Crippen LogP contribution in [-0.4, -0.2) is 45.7 Å². The van der Waals surface area contributed by atoms with Gasteiger partial charge in [-0.2, -0.15) is 5.10 Å². The summed E-state index contributed by atoms with van der Waals surface area (Å²) < 4.78 is 1.41. The van der Waals surface area contributed by atoms with E-state index in [1.165, 1.54) is 16.8 Å². The fourth-order valence-electron chi connectivity index (χ4n) is 4.48. The SMILES string of the molecule is NC(=O)c1nn(-c2ccc(O)cc2)c2c1CCN(c1ccc(N3CCCC[14C]3=O)cc1)C2=O. The Bertz CT molecular complexity index is 1250. The lowest BCUT2D eigenvalue weighted by atomic mass is 10.0. The van der Waals surface area contributed by atoms with Gasteiger partial charge in [0.15, 0.2) is 5.69 Å². The van der Waals surface area contributed by atoms with E-state index in [9.17, 15) is 19.5 Å². The number of hydrogen-bond donors (Lipinski definition) is 2. The second-order valence-electron chi connectivity index (χ2n) is 8.19. The van der Waals surface area contributed by atoms with Crippen LogP contribution in [0.4, 0.5) is 11.4 Å². The van der Waals surface area contributed by atoms with E-state index in [-0.39, 0.29) is 29.0 Å². The fourth-order valence-corrected chi connectivity index (χ4v) is 4.48. The van der Waals surface area contributed by atoms with Crippen molar-refractivity contribution in [2.75, 3.05) is 22.9 Å². The van der Waals surface area contributed by atoms with Crippen LogP contribution in [0.2, 0.25) is 0 Å². The van der Waals surface area contributed by atoms with E-state index >= 15 is 0 Å². The molecule has 9 heteroatoms. The van der Waals surface area contributed by atoms with Crippen molar-refractivity contribution in [2.45, 2.75) is 25.7 Å². The van der Waals surface area contributed by atoms with Crippen molar-refractivity contribution in [3.63, 3.8) is 0 Å². The zero-order valence-corrected chi connectivity index (χ0v) is 17.9. The predicted molar refractivity (Wildman–Crippen MR) is 122 cm³/mol. The van der Waals surface area contributed by atoms with Crippen LogP contribution in [0.15, 0.2) is 48.5 Å². The number of phenols is 1. The average Bonchev–Trinajstić information content (AvgIpc) is 3.21. The topological polar surface area (TPSA) is 122 Å². The van der Waals surface area contributed by atoms with Crippen molar-refractivity contribution in [3.05, 3.63) is 65.5 Å². The highest BCUT2D eigenvalue weighted by atomic mass is 16.3. The maximum Gasteiger partial charge on any atom is 0.277 e. The molecule has 168 valence electrons. The second kappa shape index (κ2) is 8.09. The molecule has 0 unspecified atom stereocenters. The highest BCUT2D eigenvalue weighted by Gasteiger charge is 2.34. The monoisotopic (exact) mass is 447 g/mol. The summed E-state index contributed by atoms with van der Waals surface area (Å²) >= 11 is 0. The molecule has 33 heavy (non-hydrogen) atoms. The first-order chi connectivity index (χ1) is 15.9. The number of fused-ring (bicyclic) bond motifs is 1. The predicted octanol–water partition coefficient (Wildman–Crippen LogP) is 2.40. The van der Waals surface area contributed by atoms with Gasteiger partial charge in [-0.05, 0) is 67.8 Å². The molecule has 3 heterocycles. The van der Waals surface area contributed by atoms with Crippen LogP contribution in [0.25, 0.3) is 5.69 Å². The van der Waals surface area contributed by atoms with E-state index in [1.807, 2.05) is 24.3 Å². The van der Waals surface area contributed by atoms with Crippen LogP contribution in [0.3, 0.4) is 0 Å². The van der Waals surface area contributed by atoms with Crippen LogP contribution < -0.4 is 15.5 Å². The third-order valence-electron chi connectivity index (χ3n) is 6.14. The number of carbonyl (C=O) groups is 3. The molecule has 2 aliphatic heterocycles. The van der Waals surface area contributed by atoms with E-state index in [2.05, 4.69) is 5.10 Å². The molecule has 0 atom stereocenters. The minimum Gasteiger partial charge on any atom is -0.508 e. The highest BCUT2D eigenvalue weighted by molar-refractivity contribution is 6.09. The van der Waals surface area contributed by atoms with E-state index in [0.29, 0.717) is 42.9 Å². The number of aromatic nitrogens is 2. The Kier molecular flexibility index (Phi) is 5.08. The maximum atomic E-state index is 13.6. The summed E-state index contributed by atoms with van der Waals surface area (Å²) in [6.07, 6.45) is 2.87. The zero-order chi connectivity index (χ0) is 23.1. The molecular weight excluding hydrogens is 424 g/mol. The van der Waals surface area contributed by atoms with Crippen molar-refractivity contribution >= 4 is 29.1 Å². The zero-order valence-electron chi connectivity index (χ0n) is 17.9. The number of nitrogens with zero attached hydrogens (tertiary/aromatic N) is 4. The molecule has 0 aliphatic carbocycles. The standard InChI is InChI=1S/C24H23N5O4/c25-23(32)21-19-12-14-28(16-6-4-15(5-7-16)27-13-2-1-3-20(27)31)24(33)22(19)29(26-21)17-8-10-18(30)11-9-17/h4-11,30H,1-3,12-14H2,(H2,25,32)/i20+2. The Morgan fingerprint density at radius 1 is 0.970 bits per heavy atom. The lowest BCUT2D eigenvalue weighted by Crippen LogP contribution is -2.39. The smallest absolute Gasteiger partial charge is 0.277 e. The first kappa shape index (κ1) is 20.7. The number of primary amides is 1.